The third-order valence-corrected chi connectivity index (χ3v) is 2.37. The van der Waals surface area contributed by atoms with Crippen LogP contribution in [0, 0.1) is 6.92 Å². The molecule has 0 saturated heterocycles. The molecule has 0 bridgehead atoms. The van der Waals surface area contributed by atoms with Crippen LogP contribution in [0.5, 0.6) is 0 Å². The molecule has 0 saturated carbocycles. The van der Waals surface area contributed by atoms with Gasteiger partial charge >= 0.3 is 10.4 Å². The van der Waals surface area contributed by atoms with Gasteiger partial charge in [-0.15, -0.1) is 0 Å². The quantitative estimate of drug-likeness (QED) is 0.387. The molecule has 0 heterocycles. The van der Waals surface area contributed by atoms with Gasteiger partial charge in [-0.3, -0.25) is 9.11 Å². The molecule has 0 fully saturated rings. The number of hydrogen-bond donors (Lipinski definition) is 5. The van der Waals surface area contributed by atoms with Gasteiger partial charge in [0.2, 0.25) is 0 Å². The summed E-state index contributed by atoms with van der Waals surface area (Å²) in [6.07, 6.45) is 0.652. The summed E-state index contributed by atoms with van der Waals surface area (Å²) < 4.78 is 31.6. The molecular weight excluding hydrogens is 288 g/mol. The summed E-state index contributed by atoms with van der Waals surface area (Å²) in [6.45, 7) is 5.07. The van der Waals surface area contributed by atoms with Crippen molar-refractivity contribution in [1.29, 1.82) is 0 Å². The van der Waals surface area contributed by atoms with Crippen LogP contribution in [0.15, 0.2) is 12.1 Å². The molecule has 1 aromatic carbocycles. The monoisotopic (exact) mass is 310 g/mol. The molecule has 8 N–H and O–H groups in total. The highest BCUT2D eigenvalue weighted by Gasteiger charge is 2.06. The van der Waals surface area contributed by atoms with Crippen molar-refractivity contribution in [2.24, 2.45) is 0 Å². The van der Waals surface area contributed by atoms with E-state index in [0.29, 0.717) is 6.42 Å². The van der Waals surface area contributed by atoms with E-state index < -0.39 is 10.4 Å². The summed E-state index contributed by atoms with van der Waals surface area (Å²) in [5.41, 5.74) is 9.86. The van der Waals surface area contributed by atoms with Crippen LogP contribution in [0.1, 0.15) is 18.1 Å². The number of rotatable bonds is 4. The summed E-state index contributed by atoms with van der Waals surface area (Å²) >= 11 is 0. The van der Waals surface area contributed by atoms with Crippen molar-refractivity contribution in [2.45, 2.75) is 20.3 Å². The number of nitrogens with two attached hydrogens (primary N) is 1. The summed E-state index contributed by atoms with van der Waals surface area (Å²) in [4.78, 5) is 0. The highest BCUT2D eigenvalue weighted by molar-refractivity contribution is 7.79. The Kier molecular flexibility index (Phi) is 9.94. The van der Waals surface area contributed by atoms with Crippen molar-refractivity contribution < 1.29 is 28.1 Å². The summed E-state index contributed by atoms with van der Waals surface area (Å²) in [5, 5.41) is 12.2. The molecule has 0 aliphatic carbocycles. The normalized spacial score (nSPS) is 10.1. The fourth-order valence-electron chi connectivity index (χ4n) is 1.56. The maximum Gasteiger partial charge on any atom is 0.394 e. The molecule has 8 nitrogen and oxygen atoms in total. The first-order valence-electron chi connectivity index (χ1n) is 5.63. The van der Waals surface area contributed by atoms with Gasteiger partial charge in [0, 0.05) is 24.5 Å². The van der Waals surface area contributed by atoms with Crippen molar-refractivity contribution in [3.05, 3.63) is 23.3 Å². The van der Waals surface area contributed by atoms with Gasteiger partial charge in [-0.1, -0.05) is 0 Å². The molecule has 0 atom stereocenters. The van der Waals surface area contributed by atoms with Crippen LogP contribution in [-0.2, 0) is 16.8 Å². The zero-order valence-electron chi connectivity index (χ0n) is 11.4. The van der Waals surface area contributed by atoms with Gasteiger partial charge < -0.3 is 21.6 Å². The highest BCUT2D eigenvalue weighted by Crippen LogP contribution is 2.24. The molecule has 118 valence electrons. The number of aliphatic hydroxyl groups is 1. The Morgan fingerprint density at radius 2 is 1.80 bits per heavy atom. The number of anilines is 2. The highest BCUT2D eigenvalue weighted by atomic mass is 32.3. The molecule has 1 aromatic rings. The molecule has 0 aliphatic rings. The number of hydrogen-bond acceptors (Lipinski definition) is 5. The van der Waals surface area contributed by atoms with Gasteiger partial charge in [0.25, 0.3) is 0 Å². The second-order valence-corrected chi connectivity index (χ2v) is 4.65. The van der Waals surface area contributed by atoms with Gasteiger partial charge in [-0.25, -0.2) is 0 Å². The lowest BCUT2D eigenvalue weighted by Crippen LogP contribution is -2.06. The van der Waals surface area contributed by atoms with Crippen molar-refractivity contribution in [2.75, 3.05) is 24.2 Å². The lowest BCUT2D eigenvalue weighted by molar-refractivity contribution is 0.299. The SMILES string of the molecule is CCNc1ccc(N)c(C)c1CCO.O.O=S(=O)(O)O. The van der Waals surface area contributed by atoms with Crippen LogP contribution in [0.4, 0.5) is 11.4 Å². The average Bonchev–Trinajstić information content (AvgIpc) is 2.27. The molecule has 0 spiro atoms. The first kappa shape index (κ1) is 20.9. The smallest absolute Gasteiger partial charge is 0.394 e. The predicted octanol–water partition coefficient (Wildman–Crippen LogP) is 0.0663. The summed E-state index contributed by atoms with van der Waals surface area (Å²) in [6, 6.07) is 3.87. The van der Waals surface area contributed by atoms with E-state index in [-0.39, 0.29) is 12.1 Å². The van der Waals surface area contributed by atoms with Gasteiger partial charge in [0.15, 0.2) is 0 Å². The van der Waals surface area contributed by atoms with Crippen LogP contribution in [0.25, 0.3) is 0 Å². The maximum atomic E-state index is 8.96. The molecule has 0 aliphatic heterocycles. The molecule has 0 unspecified atom stereocenters. The van der Waals surface area contributed by atoms with Gasteiger partial charge in [-0.05, 0) is 43.5 Å². The zero-order valence-corrected chi connectivity index (χ0v) is 12.2. The number of nitrogens with one attached hydrogen (secondary N) is 1. The van der Waals surface area contributed by atoms with E-state index in [1.807, 2.05) is 19.1 Å². The van der Waals surface area contributed by atoms with E-state index in [2.05, 4.69) is 12.2 Å². The van der Waals surface area contributed by atoms with E-state index >= 15 is 0 Å². The standard InChI is InChI=1S/C11H18N2O.H2O4S.H2O/c1-3-13-11-5-4-10(12)8(2)9(11)6-7-14;1-5(2,3)4;/h4-5,13-14H,3,6-7,12H2,1-2H3;(H2,1,2,3,4);1H2. The van der Waals surface area contributed by atoms with E-state index in [4.69, 9.17) is 28.4 Å². The Hall–Kier alpha value is -1.39. The van der Waals surface area contributed by atoms with Crippen molar-refractivity contribution >= 4 is 21.8 Å². The van der Waals surface area contributed by atoms with Crippen LogP contribution in [0.3, 0.4) is 0 Å². The third-order valence-electron chi connectivity index (χ3n) is 2.37. The first-order valence-corrected chi connectivity index (χ1v) is 7.03. The fraction of sp³-hybridized carbons (Fsp3) is 0.455. The largest absolute Gasteiger partial charge is 0.412 e. The van der Waals surface area contributed by atoms with Crippen molar-refractivity contribution in [3.63, 3.8) is 0 Å². The predicted molar refractivity (Wildman–Crippen MR) is 78.3 cm³/mol. The van der Waals surface area contributed by atoms with Gasteiger partial charge in [0.1, 0.15) is 0 Å². The Morgan fingerprint density at radius 3 is 2.20 bits per heavy atom. The summed E-state index contributed by atoms with van der Waals surface area (Å²) in [7, 11) is -4.67. The van der Waals surface area contributed by atoms with E-state index in [1.54, 1.807) is 0 Å². The minimum Gasteiger partial charge on any atom is -0.412 e. The first-order chi connectivity index (χ1) is 8.70. The maximum absolute atomic E-state index is 8.96. The number of aliphatic hydroxyl groups excluding tert-OH is 1. The lowest BCUT2D eigenvalue weighted by atomic mass is 10.0. The molecule has 1 rings (SSSR count). The topological polar surface area (TPSA) is 164 Å². The Morgan fingerprint density at radius 1 is 1.30 bits per heavy atom. The molecule has 9 heteroatoms. The minimum absolute atomic E-state index is 0. The minimum atomic E-state index is -4.67. The lowest BCUT2D eigenvalue weighted by Gasteiger charge is -2.14. The second kappa shape index (κ2) is 9.50. The van der Waals surface area contributed by atoms with E-state index in [0.717, 1.165) is 29.0 Å². The molecule has 0 aromatic heterocycles. The molecule has 0 amide bonds. The molecular formula is C11H22N2O6S. The third kappa shape index (κ3) is 8.67. The number of benzene rings is 1. The second-order valence-electron chi connectivity index (χ2n) is 3.76. The van der Waals surface area contributed by atoms with Crippen molar-refractivity contribution in [1.82, 2.24) is 0 Å². The Balaban J connectivity index is 0. The zero-order chi connectivity index (χ0) is 15.1. The average molecular weight is 310 g/mol. The van der Waals surface area contributed by atoms with E-state index in [9.17, 15) is 0 Å². The Bertz CT molecular complexity index is 496. The van der Waals surface area contributed by atoms with E-state index in [1.165, 1.54) is 0 Å². The fourth-order valence-corrected chi connectivity index (χ4v) is 1.56. The Labute approximate surface area is 118 Å². The molecule has 0 radical (unpaired) electrons. The van der Waals surface area contributed by atoms with Gasteiger partial charge in [0.05, 0.1) is 0 Å². The molecule has 20 heavy (non-hydrogen) atoms. The van der Waals surface area contributed by atoms with Crippen LogP contribution >= 0.6 is 0 Å². The van der Waals surface area contributed by atoms with Crippen LogP contribution < -0.4 is 11.1 Å². The van der Waals surface area contributed by atoms with Crippen LogP contribution in [-0.4, -0.2) is 41.3 Å². The van der Waals surface area contributed by atoms with Crippen LogP contribution in [0.2, 0.25) is 0 Å². The van der Waals surface area contributed by atoms with Crippen molar-refractivity contribution in [3.8, 4) is 0 Å². The summed E-state index contributed by atoms with van der Waals surface area (Å²) in [5.74, 6) is 0. The van der Waals surface area contributed by atoms with Gasteiger partial charge in [-0.2, -0.15) is 8.42 Å². The number of nitrogen functional groups attached to an aromatic ring is 1.